The van der Waals surface area contributed by atoms with Gasteiger partial charge in [0.15, 0.2) is 0 Å². The highest BCUT2D eigenvalue weighted by Gasteiger charge is 2.01. The van der Waals surface area contributed by atoms with Gasteiger partial charge in [0.05, 0.1) is 5.02 Å². The normalized spacial score (nSPS) is 10.7. The predicted octanol–water partition coefficient (Wildman–Crippen LogP) is 3.69. The summed E-state index contributed by atoms with van der Waals surface area (Å²) in [4.78, 5) is 0. The molecular formula is C8H4ClFS. The molecule has 0 amide bonds. The Hall–Kier alpha value is -0.600. The van der Waals surface area contributed by atoms with E-state index in [1.54, 1.807) is 6.07 Å². The molecule has 2 aromatic rings. The molecule has 11 heavy (non-hydrogen) atoms. The Morgan fingerprint density at radius 3 is 3.00 bits per heavy atom. The van der Waals surface area contributed by atoms with E-state index in [9.17, 15) is 4.39 Å². The first-order valence-electron chi connectivity index (χ1n) is 3.09. The quantitative estimate of drug-likeness (QED) is 0.589. The molecule has 0 radical (unpaired) electrons. The van der Waals surface area contributed by atoms with Crippen molar-refractivity contribution < 1.29 is 4.39 Å². The lowest BCUT2D eigenvalue weighted by Crippen LogP contribution is -1.73. The van der Waals surface area contributed by atoms with Crippen molar-refractivity contribution >= 4 is 33.0 Å². The van der Waals surface area contributed by atoms with Crippen LogP contribution in [0.4, 0.5) is 4.39 Å². The van der Waals surface area contributed by atoms with Crippen molar-refractivity contribution in [1.29, 1.82) is 0 Å². The molecule has 56 valence electrons. The number of halogens is 2. The fourth-order valence-corrected chi connectivity index (χ4v) is 1.92. The number of rotatable bonds is 0. The third-order valence-corrected chi connectivity index (χ3v) is 2.66. The van der Waals surface area contributed by atoms with E-state index in [-0.39, 0.29) is 10.8 Å². The minimum absolute atomic E-state index is 0.191. The van der Waals surface area contributed by atoms with Crippen LogP contribution in [-0.2, 0) is 0 Å². The van der Waals surface area contributed by atoms with Crippen molar-refractivity contribution in [2.75, 3.05) is 0 Å². The van der Waals surface area contributed by atoms with Gasteiger partial charge < -0.3 is 0 Å². The van der Waals surface area contributed by atoms with Gasteiger partial charge >= 0.3 is 0 Å². The van der Waals surface area contributed by atoms with Gasteiger partial charge in [-0.25, -0.2) is 4.39 Å². The molecule has 0 N–H and O–H groups in total. The molecule has 0 saturated carbocycles. The summed E-state index contributed by atoms with van der Waals surface area (Å²) in [7, 11) is 0. The lowest BCUT2D eigenvalue weighted by Gasteiger charge is -1.92. The van der Waals surface area contributed by atoms with E-state index >= 15 is 0 Å². The van der Waals surface area contributed by atoms with Gasteiger partial charge in [0, 0.05) is 4.70 Å². The third kappa shape index (κ3) is 1.12. The van der Waals surface area contributed by atoms with Gasteiger partial charge in [-0.15, -0.1) is 11.3 Å². The zero-order chi connectivity index (χ0) is 7.84. The summed E-state index contributed by atoms with van der Waals surface area (Å²) in [6.07, 6.45) is 0. The van der Waals surface area contributed by atoms with Gasteiger partial charge in [-0.1, -0.05) is 11.6 Å². The number of hydrogen-bond donors (Lipinski definition) is 0. The van der Waals surface area contributed by atoms with Gasteiger partial charge in [0.25, 0.3) is 0 Å². The average Bonchev–Trinajstić information content (AvgIpc) is 2.36. The van der Waals surface area contributed by atoms with Crippen LogP contribution in [-0.4, -0.2) is 0 Å². The van der Waals surface area contributed by atoms with E-state index < -0.39 is 0 Å². The molecule has 0 fully saturated rings. The van der Waals surface area contributed by atoms with Crippen LogP contribution in [0.5, 0.6) is 0 Å². The van der Waals surface area contributed by atoms with Gasteiger partial charge in [0.1, 0.15) is 5.82 Å². The van der Waals surface area contributed by atoms with Crippen molar-refractivity contribution in [1.82, 2.24) is 0 Å². The number of thiophene rings is 1. The molecule has 1 aromatic heterocycles. The van der Waals surface area contributed by atoms with Gasteiger partial charge in [-0.3, -0.25) is 0 Å². The average molecular weight is 187 g/mol. The van der Waals surface area contributed by atoms with Crippen LogP contribution >= 0.6 is 22.9 Å². The largest absolute Gasteiger partial charge is 0.205 e. The molecule has 1 aromatic carbocycles. The Balaban J connectivity index is 2.86. The Morgan fingerprint density at radius 1 is 1.36 bits per heavy atom. The molecule has 0 atom stereocenters. The van der Waals surface area contributed by atoms with E-state index in [0.717, 1.165) is 10.1 Å². The van der Waals surface area contributed by atoms with E-state index in [2.05, 4.69) is 0 Å². The molecule has 3 heteroatoms. The molecule has 1 heterocycles. The summed E-state index contributed by atoms with van der Waals surface area (Å²) in [5.41, 5.74) is 0. The van der Waals surface area contributed by atoms with Gasteiger partial charge in [0.2, 0.25) is 0 Å². The summed E-state index contributed by atoms with van der Waals surface area (Å²) in [5, 5.41) is 3.11. The first-order valence-corrected chi connectivity index (χ1v) is 4.35. The summed E-state index contributed by atoms with van der Waals surface area (Å²) < 4.78 is 13.7. The standard InChI is InChI=1S/C8H4ClFS/c9-6-3-5-1-2-11-8(5)4-7(6)10/h1-4H. The van der Waals surface area contributed by atoms with Crippen LogP contribution in [0.3, 0.4) is 0 Å². The lowest BCUT2D eigenvalue weighted by atomic mass is 10.2. The second kappa shape index (κ2) is 2.47. The minimum Gasteiger partial charge on any atom is -0.205 e. The Labute approximate surface area is 72.2 Å². The summed E-state index contributed by atoms with van der Waals surface area (Å²) >= 11 is 7.09. The first-order chi connectivity index (χ1) is 5.27. The zero-order valence-corrected chi connectivity index (χ0v) is 7.05. The highest BCUT2D eigenvalue weighted by Crippen LogP contribution is 2.26. The predicted molar refractivity (Wildman–Crippen MR) is 46.8 cm³/mol. The molecule has 0 unspecified atom stereocenters. The smallest absolute Gasteiger partial charge is 0.143 e. The van der Waals surface area contributed by atoms with E-state index in [1.165, 1.54) is 17.4 Å². The second-order valence-electron chi connectivity index (χ2n) is 2.22. The molecule has 0 saturated heterocycles. The van der Waals surface area contributed by atoms with Crippen LogP contribution in [0.25, 0.3) is 10.1 Å². The Morgan fingerprint density at radius 2 is 2.18 bits per heavy atom. The topological polar surface area (TPSA) is 0 Å². The van der Waals surface area contributed by atoms with Crippen molar-refractivity contribution in [3.05, 3.63) is 34.4 Å². The fourth-order valence-electron chi connectivity index (χ4n) is 0.957. The van der Waals surface area contributed by atoms with Crippen molar-refractivity contribution in [2.24, 2.45) is 0 Å². The monoisotopic (exact) mass is 186 g/mol. The highest BCUT2D eigenvalue weighted by atomic mass is 35.5. The highest BCUT2D eigenvalue weighted by molar-refractivity contribution is 7.17. The van der Waals surface area contributed by atoms with Gasteiger partial charge in [-0.2, -0.15) is 0 Å². The van der Waals surface area contributed by atoms with Crippen molar-refractivity contribution in [3.8, 4) is 0 Å². The number of fused-ring (bicyclic) bond motifs is 1. The lowest BCUT2D eigenvalue weighted by molar-refractivity contribution is 0.630. The van der Waals surface area contributed by atoms with Gasteiger partial charge in [-0.05, 0) is 29.0 Å². The first kappa shape index (κ1) is 7.07. The molecule has 0 spiro atoms. The molecule has 0 aliphatic carbocycles. The van der Waals surface area contributed by atoms with Crippen molar-refractivity contribution in [3.63, 3.8) is 0 Å². The summed E-state index contributed by atoms with van der Waals surface area (Å²) in [6.45, 7) is 0. The number of hydrogen-bond acceptors (Lipinski definition) is 1. The molecule has 0 aliphatic heterocycles. The second-order valence-corrected chi connectivity index (χ2v) is 3.58. The van der Waals surface area contributed by atoms with Crippen LogP contribution in [0.15, 0.2) is 23.6 Å². The van der Waals surface area contributed by atoms with Crippen LogP contribution in [0, 0.1) is 5.82 Å². The maximum atomic E-state index is 12.8. The molecule has 2 rings (SSSR count). The molecule has 0 bridgehead atoms. The SMILES string of the molecule is Fc1cc2sccc2cc1Cl. The maximum absolute atomic E-state index is 12.8. The summed E-state index contributed by atoms with van der Waals surface area (Å²) in [5.74, 6) is -0.346. The molecule has 0 nitrogen and oxygen atoms in total. The molecular weight excluding hydrogens is 183 g/mol. The summed E-state index contributed by atoms with van der Waals surface area (Å²) in [6, 6.07) is 5.02. The minimum atomic E-state index is -0.346. The fraction of sp³-hybridized carbons (Fsp3) is 0. The zero-order valence-electron chi connectivity index (χ0n) is 5.47. The van der Waals surface area contributed by atoms with Crippen LogP contribution in [0.2, 0.25) is 5.02 Å². The van der Waals surface area contributed by atoms with Crippen LogP contribution < -0.4 is 0 Å². The van der Waals surface area contributed by atoms with E-state index in [1.807, 2.05) is 11.4 Å². The van der Waals surface area contributed by atoms with E-state index in [4.69, 9.17) is 11.6 Å². The Kier molecular flexibility index (Phi) is 1.59. The maximum Gasteiger partial charge on any atom is 0.143 e. The third-order valence-electron chi connectivity index (χ3n) is 1.50. The van der Waals surface area contributed by atoms with Crippen LogP contribution in [0.1, 0.15) is 0 Å². The van der Waals surface area contributed by atoms with Crippen molar-refractivity contribution in [2.45, 2.75) is 0 Å². The Bertz CT molecular complexity index is 358. The number of benzene rings is 1. The molecule has 0 aliphatic rings. The van der Waals surface area contributed by atoms with E-state index in [0.29, 0.717) is 0 Å².